The van der Waals surface area contributed by atoms with Crippen molar-refractivity contribution in [3.05, 3.63) is 52.9 Å². The summed E-state index contributed by atoms with van der Waals surface area (Å²) in [5, 5.41) is 19.8. The first-order valence-corrected chi connectivity index (χ1v) is 10.2. The quantitative estimate of drug-likeness (QED) is 0.788. The van der Waals surface area contributed by atoms with Crippen molar-refractivity contribution < 1.29 is 22.7 Å². The van der Waals surface area contributed by atoms with Crippen LogP contribution in [0.5, 0.6) is 5.75 Å². The van der Waals surface area contributed by atoms with Crippen LogP contribution >= 0.6 is 11.6 Å². The molecule has 1 saturated heterocycles. The molecule has 2 atom stereocenters. The maximum atomic E-state index is 13.8. The monoisotopic (exact) mass is 425 g/mol. The molecule has 1 aromatic heterocycles. The minimum absolute atomic E-state index is 0.0947. The molecule has 0 aliphatic carbocycles. The molecule has 1 unspecified atom stereocenters. The van der Waals surface area contributed by atoms with Crippen LogP contribution in [-0.4, -0.2) is 47.6 Å². The maximum Gasteiger partial charge on any atom is 0.260 e. The molecule has 2 aromatic rings. The molecule has 0 bridgehead atoms. The summed E-state index contributed by atoms with van der Waals surface area (Å²) in [7, 11) is -3.97. The largest absolute Gasteiger partial charge is 0.486 e. The number of pyridine rings is 1. The van der Waals surface area contributed by atoms with Crippen LogP contribution in [0, 0.1) is 17.1 Å². The van der Waals surface area contributed by atoms with Crippen molar-refractivity contribution >= 4 is 21.6 Å². The Bertz CT molecular complexity index is 1030. The number of aliphatic hydroxyl groups is 1. The Morgan fingerprint density at radius 2 is 2.21 bits per heavy atom. The molecule has 1 N–H and O–H groups in total. The molecule has 7 nitrogen and oxygen atoms in total. The Hall–Kier alpha value is -2.25. The lowest BCUT2D eigenvalue weighted by atomic mass is 9.97. The van der Waals surface area contributed by atoms with Crippen LogP contribution in [0.3, 0.4) is 0 Å². The molecule has 1 aliphatic heterocycles. The first-order valence-electron chi connectivity index (χ1n) is 8.40. The normalized spacial score (nSPS) is 22.8. The van der Waals surface area contributed by atoms with Crippen LogP contribution in [0.1, 0.15) is 18.9 Å². The van der Waals surface area contributed by atoms with Crippen molar-refractivity contribution in [2.75, 3.05) is 13.1 Å². The first kappa shape index (κ1) is 20.5. The molecule has 0 amide bonds. The van der Waals surface area contributed by atoms with Gasteiger partial charge in [-0.3, -0.25) is 0 Å². The Morgan fingerprint density at radius 1 is 1.46 bits per heavy atom. The number of hydrogen-bond acceptors (Lipinski definition) is 6. The van der Waals surface area contributed by atoms with Crippen LogP contribution in [0.4, 0.5) is 4.39 Å². The number of benzene rings is 1. The van der Waals surface area contributed by atoms with Gasteiger partial charge in [-0.1, -0.05) is 18.5 Å². The molecule has 2 heterocycles. The van der Waals surface area contributed by atoms with E-state index in [2.05, 4.69) is 4.98 Å². The molecule has 10 heteroatoms. The fourth-order valence-electron chi connectivity index (χ4n) is 2.97. The Balaban J connectivity index is 1.86. The van der Waals surface area contributed by atoms with Crippen LogP contribution in [0.15, 0.2) is 41.6 Å². The number of rotatable bonds is 5. The highest BCUT2D eigenvalue weighted by atomic mass is 35.5. The van der Waals surface area contributed by atoms with Crippen molar-refractivity contribution in [2.24, 2.45) is 0 Å². The number of nitriles is 1. The van der Waals surface area contributed by atoms with Gasteiger partial charge >= 0.3 is 0 Å². The number of aromatic nitrogens is 1. The van der Waals surface area contributed by atoms with E-state index in [-0.39, 0.29) is 35.8 Å². The topological polar surface area (TPSA) is 104 Å². The maximum absolute atomic E-state index is 13.8. The van der Waals surface area contributed by atoms with E-state index in [4.69, 9.17) is 21.6 Å². The molecule has 1 aromatic carbocycles. The number of halogens is 2. The summed E-state index contributed by atoms with van der Waals surface area (Å²) >= 11 is 5.76. The Kier molecular flexibility index (Phi) is 5.59. The second-order valence-corrected chi connectivity index (χ2v) is 8.75. The van der Waals surface area contributed by atoms with Gasteiger partial charge in [-0.05, 0) is 30.7 Å². The first-order chi connectivity index (χ1) is 13.2. The molecule has 0 radical (unpaired) electrons. The Labute approximate surface area is 167 Å². The van der Waals surface area contributed by atoms with Crippen LogP contribution < -0.4 is 4.74 Å². The third kappa shape index (κ3) is 3.82. The number of hydrogen-bond donors (Lipinski definition) is 1. The molecule has 148 valence electrons. The standard InChI is InChI=1S/C18H17ClFN3O4S/c1-2-18(24)11-23(28(25,26)17-6-4-13(19)9-22-17)10-16(18)27-14-5-3-12(8-21)15(20)7-14/h3-7,9,16,24H,2,10-11H2,1H3/t16?,18-/m0/s1. The van der Waals surface area contributed by atoms with E-state index in [0.29, 0.717) is 5.02 Å². The Morgan fingerprint density at radius 3 is 2.79 bits per heavy atom. The van der Waals surface area contributed by atoms with Crippen LogP contribution in [0.2, 0.25) is 5.02 Å². The number of nitrogens with zero attached hydrogens (tertiary/aromatic N) is 3. The van der Waals surface area contributed by atoms with Crippen molar-refractivity contribution in [3.63, 3.8) is 0 Å². The SMILES string of the molecule is CC[C@]1(O)CN(S(=O)(=O)c2ccc(Cl)cn2)CC1Oc1ccc(C#N)c(F)c1. The second-order valence-electron chi connectivity index (χ2n) is 6.43. The van der Waals surface area contributed by atoms with Gasteiger partial charge in [-0.2, -0.15) is 9.57 Å². The van der Waals surface area contributed by atoms with E-state index in [1.165, 1.54) is 30.5 Å². The predicted molar refractivity (Wildman–Crippen MR) is 98.8 cm³/mol. The van der Waals surface area contributed by atoms with Crippen molar-refractivity contribution in [2.45, 2.75) is 30.1 Å². The average Bonchev–Trinajstić information content (AvgIpc) is 3.00. The number of ether oxygens (including phenoxy) is 1. The van der Waals surface area contributed by atoms with Gasteiger partial charge in [-0.15, -0.1) is 0 Å². The zero-order chi connectivity index (χ0) is 20.5. The smallest absolute Gasteiger partial charge is 0.260 e. The van der Waals surface area contributed by atoms with Gasteiger partial charge in [0.1, 0.15) is 29.3 Å². The van der Waals surface area contributed by atoms with Gasteiger partial charge in [0.2, 0.25) is 0 Å². The van der Waals surface area contributed by atoms with E-state index in [9.17, 15) is 17.9 Å². The second kappa shape index (κ2) is 7.64. The molecule has 1 aliphatic rings. The van der Waals surface area contributed by atoms with Crippen LogP contribution in [-0.2, 0) is 10.0 Å². The summed E-state index contributed by atoms with van der Waals surface area (Å²) in [6.45, 7) is 1.37. The summed E-state index contributed by atoms with van der Waals surface area (Å²) in [6.07, 6.45) is 0.521. The summed E-state index contributed by atoms with van der Waals surface area (Å²) in [5.74, 6) is -0.662. The summed E-state index contributed by atoms with van der Waals surface area (Å²) < 4.78 is 46.3. The van der Waals surface area contributed by atoms with Crippen LogP contribution in [0.25, 0.3) is 0 Å². The molecular formula is C18H17ClFN3O4S. The van der Waals surface area contributed by atoms with Crippen molar-refractivity contribution in [1.29, 1.82) is 5.26 Å². The minimum atomic E-state index is -3.97. The number of sulfonamides is 1. The fraction of sp³-hybridized carbons (Fsp3) is 0.333. The molecule has 1 fully saturated rings. The van der Waals surface area contributed by atoms with Gasteiger partial charge in [0.25, 0.3) is 10.0 Å². The lowest BCUT2D eigenvalue weighted by Gasteiger charge is -2.28. The number of β-amino-alcohol motifs (C(OH)–C–C–N with tert-alkyl or cyclic N) is 1. The third-order valence-electron chi connectivity index (χ3n) is 4.67. The molecule has 28 heavy (non-hydrogen) atoms. The van der Waals surface area contributed by atoms with Gasteiger partial charge in [0, 0.05) is 18.8 Å². The van der Waals surface area contributed by atoms with E-state index in [1.54, 1.807) is 13.0 Å². The highest BCUT2D eigenvalue weighted by Crippen LogP contribution is 2.33. The van der Waals surface area contributed by atoms with E-state index in [0.717, 1.165) is 10.4 Å². The van der Waals surface area contributed by atoms with Crippen molar-refractivity contribution in [3.8, 4) is 11.8 Å². The highest BCUT2D eigenvalue weighted by Gasteiger charge is 2.50. The van der Waals surface area contributed by atoms with E-state index < -0.39 is 27.5 Å². The molecule has 0 spiro atoms. The molecule has 3 rings (SSSR count). The minimum Gasteiger partial charge on any atom is -0.486 e. The molecule has 0 saturated carbocycles. The van der Waals surface area contributed by atoms with E-state index >= 15 is 0 Å². The zero-order valence-corrected chi connectivity index (χ0v) is 16.4. The zero-order valence-electron chi connectivity index (χ0n) is 14.8. The fourth-order valence-corrected chi connectivity index (χ4v) is 4.49. The summed E-state index contributed by atoms with van der Waals surface area (Å²) in [5.41, 5.74) is -1.60. The van der Waals surface area contributed by atoms with Gasteiger partial charge < -0.3 is 9.84 Å². The molecular weight excluding hydrogens is 409 g/mol. The van der Waals surface area contributed by atoms with Crippen molar-refractivity contribution in [1.82, 2.24) is 9.29 Å². The third-order valence-corrected chi connectivity index (χ3v) is 6.63. The highest BCUT2D eigenvalue weighted by molar-refractivity contribution is 7.89. The summed E-state index contributed by atoms with van der Waals surface area (Å²) in [4.78, 5) is 3.84. The average molecular weight is 426 g/mol. The van der Waals surface area contributed by atoms with Gasteiger partial charge in [0.15, 0.2) is 5.03 Å². The lowest BCUT2D eigenvalue weighted by Crippen LogP contribution is -2.44. The lowest BCUT2D eigenvalue weighted by molar-refractivity contribution is -0.0302. The predicted octanol–water partition coefficient (Wildman–Crippen LogP) is 2.34. The van der Waals surface area contributed by atoms with E-state index in [1.807, 2.05) is 0 Å². The summed E-state index contributed by atoms with van der Waals surface area (Å²) in [6, 6.07) is 8.10. The van der Waals surface area contributed by atoms with Gasteiger partial charge in [0.05, 0.1) is 17.1 Å². The van der Waals surface area contributed by atoms with Gasteiger partial charge in [-0.25, -0.2) is 17.8 Å².